The van der Waals surface area contributed by atoms with Crippen LogP contribution in [0.5, 0.6) is 0 Å². The molecule has 0 saturated heterocycles. The first kappa shape index (κ1) is 15.4. The SMILES string of the molecule is CCCNCc1cccc(F)c1N(C)Cc1ccncc1. The average molecular weight is 287 g/mol. The molecule has 0 aliphatic carbocycles. The van der Waals surface area contributed by atoms with Crippen molar-refractivity contribution in [3.05, 3.63) is 59.7 Å². The van der Waals surface area contributed by atoms with Gasteiger partial charge in [-0.3, -0.25) is 4.98 Å². The first-order valence-electron chi connectivity index (χ1n) is 7.30. The fourth-order valence-electron chi connectivity index (χ4n) is 2.37. The fraction of sp³-hybridized carbons (Fsp3) is 0.353. The number of hydrogen-bond donors (Lipinski definition) is 1. The quantitative estimate of drug-likeness (QED) is 0.792. The van der Waals surface area contributed by atoms with Crippen LogP contribution in [0.15, 0.2) is 42.7 Å². The van der Waals surface area contributed by atoms with E-state index in [9.17, 15) is 4.39 Å². The van der Waals surface area contributed by atoms with E-state index in [1.807, 2.05) is 30.1 Å². The monoisotopic (exact) mass is 287 g/mol. The van der Waals surface area contributed by atoms with Crippen molar-refractivity contribution in [2.45, 2.75) is 26.4 Å². The minimum absolute atomic E-state index is 0.178. The van der Waals surface area contributed by atoms with E-state index in [4.69, 9.17) is 0 Å². The van der Waals surface area contributed by atoms with Crippen molar-refractivity contribution in [1.82, 2.24) is 10.3 Å². The predicted octanol–water partition coefficient (Wildman–Crippen LogP) is 3.36. The molecule has 21 heavy (non-hydrogen) atoms. The Bertz CT molecular complexity index is 557. The van der Waals surface area contributed by atoms with Crippen LogP contribution in [0.4, 0.5) is 10.1 Å². The van der Waals surface area contributed by atoms with Gasteiger partial charge in [0.05, 0.1) is 5.69 Å². The third-order valence-corrected chi connectivity index (χ3v) is 3.36. The van der Waals surface area contributed by atoms with E-state index >= 15 is 0 Å². The number of rotatable bonds is 7. The molecule has 0 atom stereocenters. The summed E-state index contributed by atoms with van der Waals surface area (Å²) >= 11 is 0. The zero-order valence-corrected chi connectivity index (χ0v) is 12.6. The molecule has 0 aliphatic heterocycles. The van der Waals surface area contributed by atoms with Crippen LogP contribution < -0.4 is 10.2 Å². The zero-order valence-electron chi connectivity index (χ0n) is 12.6. The lowest BCUT2D eigenvalue weighted by Gasteiger charge is -2.23. The molecule has 0 aliphatic rings. The van der Waals surface area contributed by atoms with Crippen molar-refractivity contribution >= 4 is 5.69 Å². The minimum Gasteiger partial charge on any atom is -0.368 e. The lowest BCUT2D eigenvalue weighted by molar-refractivity contribution is 0.613. The number of aromatic nitrogens is 1. The topological polar surface area (TPSA) is 28.2 Å². The molecule has 0 radical (unpaired) electrons. The fourth-order valence-corrected chi connectivity index (χ4v) is 2.37. The molecule has 2 aromatic rings. The highest BCUT2D eigenvalue weighted by molar-refractivity contribution is 5.54. The summed E-state index contributed by atoms with van der Waals surface area (Å²) in [4.78, 5) is 5.96. The first-order valence-corrected chi connectivity index (χ1v) is 7.30. The van der Waals surface area contributed by atoms with Crippen molar-refractivity contribution in [2.75, 3.05) is 18.5 Å². The summed E-state index contributed by atoms with van der Waals surface area (Å²) in [5.41, 5.74) is 2.76. The molecule has 0 bridgehead atoms. The van der Waals surface area contributed by atoms with Crippen LogP contribution in [0, 0.1) is 5.82 Å². The number of pyridine rings is 1. The van der Waals surface area contributed by atoms with E-state index in [2.05, 4.69) is 17.2 Å². The molecule has 1 aromatic carbocycles. The lowest BCUT2D eigenvalue weighted by Crippen LogP contribution is -2.22. The molecular weight excluding hydrogens is 265 g/mol. The van der Waals surface area contributed by atoms with E-state index in [0.29, 0.717) is 18.8 Å². The van der Waals surface area contributed by atoms with E-state index in [1.165, 1.54) is 6.07 Å². The number of anilines is 1. The standard InChI is InChI=1S/C17H22FN3/c1-3-9-20-12-15-5-4-6-16(18)17(15)21(2)13-14-7-10-19-11-8-14/h4-8,10-11,20H,3,9,12-13H2,1-2H3. The molecule has 0 amide bonds. The second kappa shape index (κ2) is 7.74. The van der Waals surface area contributed by atoms with Crippen molar-refractivity contribution in [3.8, 4) is 0 Å². The summed E-state index contributed by atoms with van der Waals surface area (Å²) in [6, 6.07) is 9.16. The highest BCUT2D eigenvalue weighted by Crippen LogP contribution is 2.25. The number of benzene rings is 1. The highest BCUT2D eigenvalue weighted by atomic mass is 19.1. The predicted molar refractivity (Wildman–Crippen MR) is 84.7 cm³/mol. The number of nitrogens with zero attached hydrogens (tertiary/aromatic N) is 2. The van der Waals surface area contributed by atoms with Crippen LogP contribution >= 0.6 is 0 Å². The van der Waals surface area contributed by atoms with Gasteiger partial charge in [-0.15, -0.1) is 0 Å². The maximum atomic E-state index is 14.2. The van der Waals surface area contributed by atoms with E-state index in [1.54, 1.807) is 18.5 Å². The Morgan fingerprint density at radius 2 is 1.95 bits per heavy atom. The minimum atomic E-state index is -0.178. The van der Waals surface area contributed by atoms with E-state index in [0.717, 1.165) is 24.1 Å². The Morgan fingerprint density at radius 3 is 2.67 bits per heavy atom. The summed E-state index contributed by atoms with van der Waals surface area (Å²) in [5, 5.41) is 3.33. The molecule has 1 aromatic heterocycles. The molecule has 2 rings (SSSR count). The summed E-state index contributed by atoms with van der Waals surface area (Å²) in [6.45, 7) is 4.39. The Labute approximate surface area is 125 Å². The molecule has 1 N–H and O–H groups in total. The molecule has 0 fully saturated rings. The molecule has 0 unspecified atom stereocenters. The second-order valence-corrected chi connectivity index (χ2v) is 5.14. The molecule has 3 nitrogen and oxygen atoms in total. The molecule has 0 saturated carbocycles. The normalized spacial score (nSPS) is 10.6. The van der Waals surface area contributed by atoms with Gasteiger partial charge in [0.25, 0.3) is 0 Å². The molecular formula is C17H22FN3. The number of para-hydroxylation sites is 1. The van der Waals surface area contributed by atoms with Crippen LogP contribution in [-0.4, -0.2) is 18.6 Å². The Kier molecular flexibility index (Phi) is 5.69. The van der Waals surface area contributed by atoms with Gasteiger partial charge >= 0.3 is 0 Å². The van der Waals surface area contributed by atoms with Gasteiger partial charge in [0.2, 0.25) is 0 Å². The van der Waals surface area contributed by atoms with E-state index < -0.39 is 0 Å². The van der Waals surface area contributed by atoms with Crippen molar-refractivity contribution in [1.29, 1.82) is 0 Å². The van der Waals surface area contributed by atoms with Gasteiger partial charge in [-0.25, -0.2) is 4.39 Å². The van der Waals surface area contributed by atoms with Gasteiger partial charge in [-0.05, 0) is 42.3 Å². The Hall–Kier alpha value is -1.94. The van der Waals surface area contributed by atoms with Gasteiger partial charge in [-0.1, -0.05) is 19.1 Å². The first-order chi connectivity index (χ1) is 10.2. The van der Waals surface area contributed by atoms with Crippen molar-refractivity contribution < 1.29 is 4.39 Å². The summed E-state index contributed by atoms with van der Waals surface area (Å²) in [5.74, 6) is -0.178. The largest absolute Gasteiger partial charge is 0.368 e. The summed E-state index contributed by atoms with van der Waals surface area (Å²) in [7, 11) is 1.92. The highest BCUT2D eigenvalue weighted by Gasteiger charge is 2.13. The summed E-state index contributed by atoms with van der Waals surface area (Å²) in [6.07, 6.45) is 4.58. The third-order valence-electron chi connectivity index (χ3n) is 3.36. The molecule has 4 heteroatoms. The second-order valence-electron chi connectivity index (χ2n) is 5.14. The van der Waals surface area contributed by atoms with Gasteiger partial charge in [0, 0.05) is 32.5 Å². The average Bonchev–Trinajstić information content (AvgIpc) is 2.48. The van der Waals surface area contributed by atoms with Crippen molar-refractivity contribution in [2.24, 2.45) is 0 Å². The maximum Gasteiger partial charge on any atom is 0.146 e. The zero-order chi connectivity index (χ0) is 15.1. The van der Waals surface area contributed by atoms with Crippen LogP contribution in [-0.2, 0) is 13.1 Å². The van der Waals surface area contributed by atoms with Crippen LogP contribution in [0.3, 0.4) is 0 Å². The number of nitrogens with one attached hydrogen (secondary N) is 1. The number of halogens is 1. The smallest absolute Gasteiger partial charge is 0.146 e. The van der Waals surface area contributed by atoms with E-state index in [-0.39, 0.29) is 5.82 Å². The molecule has 1 heterocycles. The maximum absolute atomic E-state index is 14.2. The molecule has 112 valence electrons. The van der Waals surface area contributed by atoms with Crippen molar-refractivity contribution in [3.63, 3.8) is 0 Å². The van der Waals surface area contributed by atoms with Gasteiger partial charge < -0.3 is 10.2 Å². The van der Waals surface area contributed by atoms with Crippen LogP contribution in [0.2, 0.25) is 0 Å². The van der Waals surface area contributed by atoms with Crippen LogP contribution in [0.1, 0.15) is 24.5 Å². The van der Waals surface area contributed by atoms with Gasteiger partial charge in [-0.2, -0.15) is 0 Å². The van der Waals surface area contributed by atoms with Gasteiger partial charge in [0.1, 0.15) is 5.82 Å². The summed E-state index contributed by atoms with van der Waals surface area (Å²) < 4.78 is 14.2. The third kappa shape index (κ3) is 4.26. The van der Waals surface area contributed by atoms with Crippen LogP contribution in [0.25, 0.3) is 0 Å². The Morgan fingerprint density at radius 1 is 1.19 bits per heavy atom. The molecule has 0 spiro atoms. The number of hydrogen-bond acceptors (Lipinski definition) is 3. The Balaban J connectivity index is 2.16. The lowest BCUT2D eigenvalue weighted by atomic mass is 10.1. The van der Waals surface area contributed by atoms with Gasteiger partial charge in [0.15, 0.2) is 0 Å².